The Bertz CT molecular complexity index is 601. The zero-order valence-corrected chi connectivity index (χ0v) is 13.7. The summed E-state index contributed by atoms with van der Waals surface area (Å²) in [6.45, 7) is 1.03. The van der Waals surface area contributed by atoms with Crippen LogP contribution in [0.3, 0.4) is 0 Å². The molecular formula is C15H17ClN2O3S. The average Bonchev–Trinajstić information content (AvgIpc) is 2.95. The maximum Gasteiger partial charge on any atom is 0.257 e. The zero-order chi connectivity index (χ0) is 15.8. The molecule has 0 aliphatic carbocycles. The summed E-state index contributed by atoms with van der Waals surface area (Å²) in [4.78, 5) is 16.1. The number of halogens is 1. The van der Waals surface area contributed by atoms with Gasteiger partial charge in [-0.25, -0.2) is 4.98 Å². The zero-order valence-electron chi connectivity index (χ0n) is 12.2. The molecule has 0 atom stereocenters. The van der Waals surface area contributed by atoms with E-state index in [1.54, 1.807) is 42.7 Å². The van der Waals surface area contributed by atoms with Crippen molar-refractivity contribution in [2.75, 3.05) is 20.3 Å². The fraction of sp³-hybridized carbons (Fsp3) is 0.333. The van der Waals surface area contributed by atoms with E-state index in [0.717, 1.165) is 10.7 Å². The molecule has 1 N–H and O–H groups in total. The molecule has 1 aromatic heterocycles. The molecule has 2 rings (SSSR count). The molecular weight excluding hydrogens is 324 g/mol. The Hall–Kier alpha value is -1.63. The van der Waals surface area contributed by atoms with Crippen LogP contribution in [0.5, 0.6) is 5.75 Å². The molecule has 0 spiro atoms. The predicted octanol–water partition coefficient (Wildman–Crippen LogP) is 2.68. The molecule has 118 valence electrons. The highest BCUT2D eigenvalue weighted by Gasteiger charge is 2.05. The van der Waals surface area contributed by atoms with E-state index in [2.05, 4.69) is 10.3 Å². The van der Waals surface area contributed by atoms with Crippen LogP contribution in [0.25, 0.3) is 0 Å². The molecule has 0 saturated carbocycles. The first-order chi connectivity index (χ1) is 10.7. The number of aromatic nitrogens is 1. The number of hydrogen-bond donors (Lipinski definition) is 1. The molecule has 2 aromatic rings. The van der Waals surface area contributed by atoms with E-state index in [9.17, 15) is 4.79 Å². The lowest BCUT2D eigenvalue weighted by atomic mass is 10.3. The van der Waals surface area contributed by atoms with E-state index in [0.29, 0.717) is 30.3 Å². The maximum absolute atomic E-state index is 11.7. The van der Waals surface area contributed by atoms with Gasteiger partial charge in [0.15, 0.2) is 6.61 Å². The van der Waals surface area contributed by atoms with E-state index >= 15 is 0 Å². The quantitative estimate of drug-likeness (QED) is 0.802. The van der Waals surface area contributed by atoms with Gasteiger partial charge in [-0.3, -0.25) is 4.79 Å². The van der Waals surface area contributed by atoms with Gasteiger partial charge >= 0.3 is 0 Å². The molecule has 0 fully saturated rings. The molecule has 1 amide bonds. The highest BCUT2D eigenvalue weighted by Crippen LogP contribution is 2.15. The molecule has 0 aliphatic rings. The fourth-order valence-corrected chi connectivity index (χ4v) is 2.64. The normalized spacial score (nSPS) is 10.5. The Morgan fingerprint density at radius 1 is 1.36 bits per heavy atom. The Morgan fingerprint density at radius 2 is 2.14 bits per heavy atom. The third-order valence-electron chi connectivity index (χ3n) is 2.75. The molecule has 0 bridgehead atoms. The monoisotopic (exact) mass is 340 g/mol. The number of carbonyl (C=O) groups is 1. The first kappa shape index (κ1) is 16.7. The van der Waals surface area contributed by atoms with Crippen molar-refractivity contribution >= 4 is 28.8 Å². The van der Waals surface area contributed by atoms with Crippen LogP contribution in [0.4, 0.5) is 0 Å². The van der Waals surface area contributed by atoms with Gasteiger partial charge in [0, 0.05) is 30.5 Å². The summed E-state index contributed by atoms with van der Waals surface area (Å²) < 4.78 is 10.4. The van der Waals surface area contributed by atoms with Gasteiger partial charge in [0.05, 0.1) is 12.3 Å². The van der Waals surface area contributed by atoms with Gasteiger partial charge in [-0.1, -0.05) is 11.6 Å². The maximum atomic E-state index is 11.7. The number of ether oxygens (including phenoxy) is 2. The van der Waals surface area contributed by atoms with Crippen LogP contribution in [0.15, 0.2) is 29.6 Å². The fourth-order valence-electron chi connectivity index (χ4n) is 1.71. The van der Waals surface area contributed by atoms with Crippen molar-refractivity contribution < 1.29 is 14.3 Å². The van der Waals surface area contributed by atoms with Gasteiger partial charge in [-0.15, -0.1) is 11.3 Å². The van der Waals surface area contributed by atoms with Crippen LogP contribution in [-0.2, 0) is 22.6 Å². The number of carbonyl (C=O) groups excluding carboxylic acids is 1. The van der Waals surface area contributed by atoms with Crippen molar-refractivity contribution in [1.29, 1.82) is 0 Å². The van der Waals surface area contributed by atoms with Crippen LogP contribution in [0.2, 0.25) is 5.02 Å². The Morgan fingerprint density at radius 3 is 2.86 bits per heavy atom. The minimum Gasteiger partial charge on any atom is -0.484 e. The minimum atomic E-state index is -0.165. The van der Waals surface area contributed by atoms with E-state index in [-0.39, 0.29) is 12.5 Å². The largest absolute Gasteiger partial charge is 0.484 e. The van der Waals surface area contributed by atoms with Gasteiger partial charge < -0.3 is 14.8 Å². The van der Waals surface area contributed by atoms with E-state index < -0.39 is 0 Å². The van der Waals surface area contributed by atoms with Crippen molar-refractivity contribution in [3.63, 3.8) is 0 Å². The minimum absolute atomic E-state index is 0.0202. The lowest BCUT2D eigenvalue weighted by Gasteiger charge is -2.07. The van der Waals surface area contributed by atoms with Gasteiger partial charge in [0.2, 0.25) is 0 Å². The number of nitrogens with zero attached hydrogens (tertiary/aromatic N) is 1. The smallest absolute Gasteiger partial charge is 0.257 e. The van der Waals surface area contributed by atoms with Crippen molar-refractivity contribution in [2.45, 2.75) is 13.0 Å². The van der Waals surface area contributed by atoms with Gasteiger partial charge in [0.1, 0.15) is 10.8 Å². The number of benzene rings is 1. The number of nitrogens with one attached hydrogen (secondary N) is 1. The summed E-state index contributed by atoms with van der Waals surface area (Å²) in [6, 6.07) is 6.88. The van der Waals surface area contributed by atoms with Gasteiger partial charge in [0.25, 0.3) is 5.91 Å². The molecule has 0 saturated heterocycles. The lowest BCUT2D eigenvalue weighted by molar-refractivity contribution is -0.123. The van der Waals surface area contributed by atoms with E-state index in [4.69, 9.17) is 21.1 Å². The molecule has 0 aliphatic heterocycles. The summed E-state index contributed by atoms with van der Waals surface area (Å²) >= 11 is 7.33. The highest BCUT2D eigenvalue weighted by atomic mass is 35.5. The van der Waals surface area contributed by atoms with Crippen LogP contribution in [-0.4, -0.2) is 31.2 Å². The number of thiazole rings is 1. The molecule has 7 heteroatoms. The number of methoxy groups -OCH3 is 1. The molecule has 1 aromatic carbocycles. The Labute approximate surface area is 138 Å². The van der Waals surface area contributed by atoms with Crippen LogP contribution in [0, 0.1) is 0 Å². The predicted molar refractivity (Wildman–Crippen MR) is 86.5 cm³/mol. The first-order valence-corrected chi connectivity index (χ1v) is 8.00. The number of hydrogen-bond acceptors (Lipinski definition) is 5. The second-order valence-corrected chi connectivity index (χ2v) is 5.89. The van der Waals surface area contributed by atoms with Crippen molar-refractivity contribution in [2.24, 2.45) is 0 Å². The van der Waals surface area contributed by atoms with Crippen LogP contribution in [0.1, 0.15) is 10.7 Å². The second-order valence-electron chi connectivity index (χ2n) is 4.51. The summed E-state index contributed by atoms with van der Waals surface area (Å²) in [5.74, 6) is 0.450. The summed E-state index contributed by atoms with van der Waals surface area (Å²) in [5, 5.41) is 6.35. The molecule has 0 radical (unpaired) electrons. The van der Waals surface area contributed by atoms with Crippen LogP contribution < -0.4 is 10.1 Å². The molecule has 1 heterocycles. The van der Waals surface area contributed by atoms with Crippen LogP contribution >= 0.6 is 22.9 Å². The third kappa shape index (κ3) is 5.63. The number of rotatable bonds is 8. The highest BCUT2D eigenvalue weighted by molar-refractivity contribution is 7.09. The number of amides is 1. The molecule has 0 unspecified atom stereocenters. The molecule has 22 heavy (non-hydrogen) atoms. The average molecular weight is 341 g/mol. The lowest BCUT2D eigenvalue weighted by Crippen LogP contribution is -2.30. The summed E-state index contributed by atoms with van der Waals surface area (Å²) in [5.41, 5.74) is 0.955. The third-order valence-corrected chi connectivity index (χ3v) is 3.88. The second kappa shape index (κ2) is 8.73. The van der Waals surface area contributed by atoms with Crippen molar-refractivity contribution in [1.82, 2.24) is 10.3 Å². The summed E-state index contributed by atoms with van der Waals surface area (Å²) in [6.07, 6.45) is 0.687. The van der Waals surface area contributed by atoms with E-state index in [1.807, 2.05) is 5.38 Å². The standard InChI is InChI=1S/C15H17ClN2O3S/c1-20-9-15-18-12(10-22-15)6-7-17-14(19)8-21-13-4-2-11(16)3-5-13/h2-5,10H,6-9H2,1H3,(H,17,19). The summed E-state index contributed by atoms with van der Waals surface area (Å²) in [7, 11) is 1.64. The van der Waals surface area contributed by atoms with E-state index in [1.165, 1.54) is 0 Å². The Kier molecular flexibility index (Phi) is 6.64. The first-order valence-electron chi connectivity index (χ1n) is 6.74. The SMILES string of the molecule is COCc1nc(CCNC(=O)COc2ccc(Cl)cc2)cs1. The Balaban J connectivity index is 1.65. The van der Waals surface area contributed by atoms with Crippen molar-refractivity contribution in [3.05, 3.63) is 45.4 Å². The van der Waals surface area contributed by atoms with Crippen molar-refractivity contribution in [3.8, 4) is 5.75 Å². The van der Waals surface area contributed by atoms with Gasteiger partial charge in [-0.05, 0) is 24.3 Å². The topological polar surface area (TPSA) is 60.5 Å². The van der Waals surface area contributed by atoms with Gasteiger partial charge in [-0.2, -0.15) is 0 Å². The molecule has 5 nitrogen and oxygen atoms in total.